The van der Waals surface area contributed by atoms with Crippen LogP contribution in [0.15, 0.2) is 17.1 Å². The minimum Gasteiger partial charge on any atom is -0.396 e. The summed E-state index contributed by atoms with van der Waals surface area (Å²) in [5, 5.41) is 17.8. The Morgan fingerprint density at radius 1 is 1.73 bits per heavy atom. The molecule has 0 aliphatic carbocycles. The van der Waals surface area contributed by atoms with Crippen LogP contribution in [0.1, 0.15) is 6.42 Å². The zero-order valence-corrected chi connectivity index (χ0v) is 8.56. The number of hydrogen-bond acceptors (Lipinski definition) is 5. The quantitative estimate of drug-likeness (QED) is 0.597. The molecule has 1 rings (SSSR count). The Morgan fingerprint density at radius 3 is 3.13 bits per heavy atom. The van der Waals surface area contributed by atoms with Gasteiger partial charge >= 0.3 is 0 Å². The van der Waals surface area contributed by atoms with Gasteiger partial charge in [0, 0.05) is 19.8 Å². The van der Waals surface area contributed by atoms with E-state index in [1.54, 1.807) is 7.11 Å². The molecule has 0 radical (unpaired) electrons. The fourth-order valence-electron chi connectivity index (χ4n) is 1.25. The molecule has 1 aromatic heterocycles. The first-order valence-corrected chi connectivity index (χ1v) is 4.67. The summed E-state index contributed by atoms with van der Waals surface area (Å²) in [6.45, 7) is 0.533. The van der Waals surface area contributed by atoms with Crippen LogP contribution >= 0.6 is 0 Å². The van der Waals surface area contributed by atoms with Crippen molar-refractivity contribution in [3.05, 3.63) is 22.6 Å². The van der Waals surface area contributed by atoms with Crippen LogP contribution in [-0.4, -0.2) is 41.7 Å². The monoisotopic (exact) mass is 213 g/mol. The summed E-state index contributed by atoms with van der Waals surface area (Å²) >= 11 is 0. The zero-order valence-electron chi connectivity index (χ0n) is 8.56. The highest BCUT2D eigenvalue weighted by molar-refractivity contribution is 5.39. The predicted octanol–water partition coefficient (Wildman–Crippen LogP) is -0.421. The van der Waals surface area contributed by atoms with Crippen molar-refractivity contribution in [2.75, 3.05) is 25.6 Å². The van der Waals surface area contributed by atoms with E-state index in [0.29, 0.717) is 18.7 Å². The van der Waals surface area contributed by atoms with Crippen LogP contribution in [0.2, 0.25) is 0 Å². The molecule has 6 nitrogen and oxygen atoms in total. The lowest BCUT2D eigenvalue weighted by Gasteiger charge is -2.17. The summed E-state index contributed by atoms with van der Waals surface area (Å²) in [5.41, 5.74) is 0.356. The molecule has 0 aliphatic heterocycles. The van der Waals surface area contributed by atoms with E-state index in [2.05, 4.69) is 15.5 Å². The van der Waals surface area contributed by atoms with Crippen molar-refractivity contribution in [2.24, 2.45) is 0 Å². The lowest BCUT2D eigenvalue weighted by atomic mass is 10.2. The van der Waals surface area contributed by atoms with Gasteiger partial charge in [-0.1, -0.05) is 0 Å². The van der Waals surface area contributed by atoms with Gasteiger partial charge in [-0.05, 0) is 6.42 Å². The number of aromatic nitrogens is 2. The number of rotatable bonds is 6. The van der Waals surface area contributed by atoms with Gasteiger partial charge in [-0.3, -0.25) is 4.79 Å². The van der Waals surface area contributed by atoms with E-state index >= 15 is 0 Å². The second kappa shape index (κ2) is 6.15. The van der Waals surface area contributed by atoms with Crippen molar-refractivity contribution in [1.82, 2.24) is 10.2 Å². The first kappa shape index (κ1) is 11.7. The van der Waals surface area contributed by atoms with Crippen molar-refractivity contribution >= 4 is 5.69 Å². The molecule has 0 amide bonds. The normalized spacial score (nSPS) is 12.4. The molecule has 0 fully saturated rings. The van der Waals surface area contributed by atoms with Crippen LogP contribution < -0.4 is 10.9 Å². The number of methoxy groups -OCH3 is 1. The van der Waals surface area contributed by atoms with Crippen molar-refractivity contribution in [1.29, 1.82) is 0 Å². The van der Waals surface area contributed by atoms with E-state index in [9.17, 15) is 4.79 Å². The van der Waals surface area contributed by atoms with E-state index in [0.717, 1.165) is 0 Å². The number of ether oxygens (including phenoxy) is 1. The van der Waals surface area contributed by atoms with Gasteiger partial charge in [0.15, 0.2) is 0 Å². The fourth-order valence-corrected chi connectivity index (χ4v) is 1.25. The highest BCUT2D eigenvalue weighted by Crippen LogP contribution is 2.04. The van der Waals surface area contributed by atoms with Gasteiger partial charge in [-0.25, -0.2) is 5.10 Å². The first-order valence-electron chi connectivity index (χ1n) is 4.67. The minimum absolute atomic E-state index is 0.0244. The zero-order chi connectivity index (χ0) is 11.1. The molecule has 1 unspecified atom stereocenters. The summed E-state index contributed by atoms with van der Waals surface area (Å²) in [5.74, 6) is 0. The van der Waals surface area contributed by atoms with Crippen molar-refractivity contribution in [2.45, 2.75) is 12.5 Å². The molecule has 0 saturated heterocycles. The van der Waals surface area contributed by atoms with Gasteiger partial charge in [0.25, 0.3) is 5.56 Å². The van der Waals surface area contributed by atoms with Gasteiger partial charge < -0.3 is 15.2 Å². The smallest absolute Gasteiger partial charge is 0.266 e. The number of aliphatic hydroxyl groups is 1. The predicted molar refractivity (Wildman–Crippen MR) is 55.8 cm³/mol. The van der Waals surface area contributed by atoms with Crippen molar-refractivity contribution in [3.8, 4) is 0 Å². The van der Waals surface area contributed by atoms with Crippen LogP contribution in [0, 0.1) is 0 Å². The second-order valence-electron chi connectivity index (χ2n) is 3.14. The number of aliphatic hydroxyl groups excluding tert-OH is 1. The topological polar surface area (TPSA) is 87.2 Å². The maximum atomic E-state index is 10.9. The SMILES string of the molecule is COCC(CCO)Nc1cn[nH]c(=O)c1. The Labute approximate surface area is 87.3 Å². The molecule has 0 aromatic carbocycles. The summed E-state index contributed by atoms with van der Waals surface area (Å²) in [6.07, 6.45) is 2.07. The van der Waals surface area contributed by atoms with E-state index in [-0.39, 0.29) is 18.2 Å². The summed E-state index contributed by atoms with van der Waals surface area (Å²) < 4.78 is 4.98. The van der Waals surface area contributed by atoms with Crippen LogP contribution in [0.5, 0.6) is 0 Å². The van der Waals surface area contributed by atoms with Crippen LogP contribution in [0.4, 0.5) is 5.69 Å². The van der Waals surface area contributed by atoms with E-state index in [1.807, 2.05) is 0 Å². The van der Waals surface area contributed by atoms with Crippen LogP contribution in [-0.2, 0) is 4.74 Å². The number of nitrogens with zero attached hydrogens (tertiary/aromatic N) is 1. The number of anilines is 1. The third-order valence-corrected chi connectivity index (χ3v) is 1.88. The third-order valence-electron chi connectivity index (χ3n) is 1.88. The average molecular weight is 213 g/mol. The fraction of sp³-hybridized carbons (Fsp3) is 0.556. The second-order valence-corrected chi connectivity index (χ2v) is 3.14. The molecule has 3 N–H and O–H groups in total. The maximum absolute atomic E-state index is 10.9. The third kappa shape index (κ3) is 4.09. The number of aromatic amines is 1. The van der Waals surface area contributed by atoms with Crippen molar-refractivity contribution in [3.63, 3.8) is 0 Å². The molecule has 1 atom stereocenters. The van der Waals surface area contributed by atoms with Crippen LogP contribution in [0.25, 0.3) is 0 Å². The van der Waals surface area contributed by atoms with Gasteiger partial charge in [-0.15, -0.1) is 0 Å². The average Bonchev–Trinajstić information content (AvgIpc) is 2.18. The van der Waals surface area contributed by atoms with Gasteiger partial charge in [0.1, 0.15) is 0 Å². The maximum Gasteiger partial charge on any atom is 0.266 e. The first-order chi connectivity index (χ1) is 7.26. The Kier molecular flexibility index (Phi) is 4.79. The van der Waals surface area contributed by atoms with Crippen molar-refractivity contribution < 1.29 is 9.84 Å². The molecule has 0 spiro atoms. The standard InChI is InChI=1S/C9H15N3O3/c1-15-6-7(2-3-13)11-8-4-9(14)12-10-5-8/h4-5,7,13H,2-3,6H2,1H3,(H2,11,12,14). The summed E-state index contributed by atoms with van der Waals surface area (Å²) in [7, 11) is 1.59. The Balaban J connectivity index is 2.60. The molecule has 84 valence electrons. The molecule has 1 heterocycles. The Bertz CT molecular complexity index is 333. The highest BCUT2D eigenvalue weighted by Gasteiger charge is 2.07. The van der Waals surface area contributed by atoms with Gasteiger partial charge in [0.05, 0.1) is 24.5 Å². The summed E-state index contributed by atoms with van der Waals surface area (Å²) in [6, 6.07) is 1.39. The molecular weight excluding hydrogens is 198 g/mol. The molecule has 0 aliphatic rings. The lowest BCUT2D eigenvalue weighted by Crippen LogP contribution is -2.27. The molecule has 15 heavy (non-hydrogen) atoms. The van der Waals surface area contributed by atoms with Gasteiger partial charge in [0.2, 0.25) is 0 Å². The Morgan fingerprint density at radius 2 is 2.53 bits per heavy atom. The minimum atomic E-state index is -0.264. The molecule has 0 bridgehead atoms. The van der Waals surface area contributed by atoms with E-state index < -0.39 is 0 Å². The largest absolute Gasteiger partial charge is 0.396 e. The van der Waals surface area contributed by atoms with E-state index in [1.165, 1.54) is 12.3 Å². The summed E-state index contributed by atoms with van der Waals surface area (Å²) in [4.78, 5) is 10.9. The highest BCUT2D eigenvalue weighted by atomic mass is 16.5. The molecule has 0 saturated carbocycles. The molecule has 1 aromatic rings. The molecule has 6 heteroatoms. The molecular formula is C9H15N3O3. The van der Waals surface area contributed by atoms with Gasteiger partial charge in [-0.2, -0.15) is 5.10 Å². The van der Waals surface area contributed by atoms with E-state index in [4.69, 9.17) is 9.84 Å². The number of nitrogens with one attached hydrogen (secondary N) is 2. The lowest BCUT2D eigenvalue weighted by molar-refractivity contribution is 0.170. The number of H-pyrrole nitrogens is 1. The Hall–Kier alpha value is -1.40. The van der Waals surface area contributed by atoms with Crippen LogP contribution in [0.3, 0.4) is 0 Å². The number of hydrogen-bond donors (Lipinski definition) is 3.